The van der Waals surface area contributed by atoms with Crippen molar-refractivity contribution < 1.29 is 17.2 Å². The van der Waals surface area contributed by atoms with E-state index in [4.69, 9.17) is 16.0 Å². The summed E-state index contributed by atoms with van der Waals surface area (Å²) >= 11 is 6.19. The number of H-pyrrole nitrogens is 2. The first-order chi connectivity index (χ1) is 16.1. The van der Waals surface area contributed by atoms with E-state index in [2.05, 4.69) is 35.5 Å². The first kappa shape index (κ1) is 23.7. The predicted octanol–water partition coefficient (Wildman–Crippen LogP) is 2.78. The van der Waals surface area contributed by atoms with Gasteiger partial charge in [0.15, 0.2) is 5.82 Å². The molecule has 0 radical (unpaired) electrons. The summed E-state index contributed by atoms with van der Waals surface area (Å²) in [6.45, 7) is 5.15. The highest BCUT2D eigenvalue weighted by Gasteiger charge is 2.33. The van der Waals surface area contributed by atoms with Crippen LogP contribution < -0.4 is 10.5 Å². The number of nitrogens with zero attached hydrogens (tertiary/aromatic N) is 4. The molecule has 2 aromatic carbocycles. The van der Waals surface area contributed by atoms with Crippen molar-refractivity contribution in [2.45, 2.75) is 37.6 Å². The van der Waals surface area contributed by atoms with Crippen molar-refractivity contribution in [2.24, 2.45) is 0 Å². The van der Waals surface area contributed by atoms with Crippen molar-refractivity contribution in [3.8, 4) is 11.4 Å². The van der Waals surface area contributed by atoms with Crippen LogP contribution in [0.1, 0.15) is 41.5 Å². The molecule has 2 heterocycles. The highest BCUT2D eigenvalue weighted by atomic mass is 35.5. The van der Waals surface area contributed by atoms with E-state index in [1.807, 2.05) is 6.92 Å². The fraction of sp³-hybridized carbons (Fsp3) is 0.250. The molecule has 178 valence electrons. The summed E-state index contributed by atoms with van der Waals surface area (Å²) in [5.74, 6) is -2.27. The van der Waals surface area contributed by atoms with Crippen LogP contribution in [0.3, 0.4) is 0 Å². The van der Waals surface area contributed by atoms with Crippen LogP contribution in [0.2, 0.25) is 5.02 Å². The molecule has 0 aliphatic carbocycles. The number of hydrogen-bond acceptors (Lipinski definition) is 8. The van der Waals surface area contributed by atoms with Gasteiger partial charge in [-0.3, -0.25) is 0 Å². The van der Waals surface area contributed by atoms with Crippen molar-refractivity contribution in [3.63, 3.8) is 0 Å². The highest BCUT2D eigenvalue weighted by Crippen LogP contribution is 2.36. The van der Waals surface area contributed by atoms with E-state index < -0.39 is 33.6 Å². The third-order valence-electron chi connectivity index (χ3n) is 5.54. The highest BCUT2D eigenvalue weighted by molar-refractivity contribution is 7.89. The minimum atomic E-state index is -4.25. The normalized spacial score (nSPS) is 13.7. The van der Waals surface area contributed by atoms with Crippen LogP contribution in [0.15, 0.2) is 44.4 Å². The molecule has 0 aliphatic rings. The van der Waals surface area contributed by atoms with Crippen LogP contribution in [0.4, 0.5) is 4.39 Å². The summed E-state index contributed by atoms with van der Waals surface area (Å²) < 4.78 is 49.1. The molecule has 2 aromatic heterocycles. The van der Waals surface area contributed by atoms with Crippen molar-refractivity contribution >= 4 is 21.6 Å². The zero-order valence-corrected chi connectivity index (χ0v) is 19.7. The summed E-state index contributed by atoms with van der Waals surface area (Å²) in [5, 5.41) is 19.3. The van der Waals surface area contributed by atoms with Gasteiger partial charge in [0.25, 0.3) is 0 Å². The second-order valence-corrected chi connectivity index (χ2v) is 9.75. The fourth-order valence-electron chi connectivity index (χ4n) is 3.63. The molecular formula is C20H19ClFN7O4S. The van der Waals surface area contributed by atoms with E-state index in [-0.39, 0.29) is 32.8 Å². The van der Waals surface area contributed by atoms with Gasteiger partial charge in [-0.05, 0) is 65.2 Å². The molecule has 2 atom stereocenters. The van der Waals surface area contributed by atoms with E-state index in [0.29, 0.717) is 5.56 Å². The van der Waals surface area contributed by atoms with Crippen molar-refractivity contribution in [2.75, 3.05) is 0 Å². The van der Waals surface area contributed by atoms with E-state index >= 15 is 0 Å². The van der Waals surface area contributed by atoms with Crippen LogP contribution in [-0.4, -0.2) is 39.2 Å². The van der Waals surface area contributed by atoms with Crippen LogP contribution in [0.25, 0.3) is 11.4 Å². The van der Waals surface area contributed by atoms with Gasteiger partial charge in [0.05, 0.1) is 9.92 Å². The molecule has 0 spiro atoms. The minimum Gasteiger partial charge on any atom is -0.391 e. The van der Waals surface area contributed by atoms with Gasteiger partial charge in [0, 0.05) is 11.5 Å². The Morgan fingerprint density at radius 2 is 1.94 bits per heavy atom. The summed E-state index contributed by atoms with van der Waals surface area (Å²) in [7, 11) is -4.25. The average Bonchev–Trinajstić information content (AvgIpc) is 3.47. The lowest BCUT2D eigenvalue weighted by molar-refractivity contribution is 0.377. The fourth-order valence-corrected chi connectivity index (χ4v) is 5.13. The standard InChI is InChI=1S/C20H19ClFN7O4S/c1-9-4-7-15(22)16(10(9)2)11(3)17(19-25-26-20(30)33-19)27-34(31,32)12-5-6-14(21)13(8-12)18-23-28-29-24-18/h4-8,11,17,27H,1-3H3,(H,26,30)(H,23,24,28,29). The number of aryl methyl sites for hydroxylation is 1. The first-order valence-corrected chi connectivity index (χ1v) is 11.8. The maximum absolute atomic E-state index is 14.8. The quantitative estimate of drug-likeness (QED) is 0.344. The molecule has 2 unspecified atom stereocenters. The van der Waals surface area contributed by atoms with Crippen LogP contribution in [0, 0.1) is 19.7 Å². The van der Waals surface area contributed by atoms with E-state index in [0.717, 1.165) is 5.56 Å². The van der Waals surface area contributed by atoms with Crippen molar-refractivity contribution in [1.82, 2.24) is 35.5 Å². The monoisotopic (exact) mass is 507 g/mol. The van der Waals surface area contributed by atoms with Gasteiger partial charge in [-0.25, -0.2) is 27.8 Å². The zero-order valence-electron chi connectivity index (χ0n) is 18.1. The number of sulfonamides is 1. The predicted molar refractivity (Wildman–Crippen MR) is 119 cm³/mol. The van der Waals surface area contributed by atoms with Crippen molar-refractivity contribution in [3.05, 3.63) is 74.3 Å². The number of tetrazole rings is 1. The topological polar surface area (TPSA) is 160 Å². The van der Waals surface area contributed by atoms with Crippen LogP contribution >= 0.6 is 11.6 Å². The van der Waals surface area contributed by atoms with Gasteiger partial charge in [-0.1, -0.05) is 24.6 Å². The largest absolute Gasteiger partial charge is 0.434 e. The number of aromatic amines is 2. The van der Waals surface area contributed by atoms with Gasteiger partial charge in [0.1, 0.15) is 11.9 Å². The number of hydrogen-bond donors (Lipinski definition) is 3. The maximum Gasteiger partial charge on any atom is 0.434 e. The first-order valence-electron chi connectivity index (χ1n) is 9.95. The van der Waals surface area contributed by atoms with Gasteiger partial charge in [0.2, 0.25) is 15.9 Å². The Labute approximate surface area is 197 Å². The third-order valence-corrected chi connectivity index (χ3v) is 7.31. The zero-order chi connectivity index (χ0) is 24.6. The molecule has 0 aliphatic heterocycles. The molecule has 14 heteroatoms. The molecule has 4 aromatic rings. The molecule has 11 nitrogen and oxygen atoms in total. The van der Waals surface area contributed by atoms with Gasteiger partial charge >= 0.3 is 5.76 Å². The molecule has 0 fully saturated rings. The maximum atomic E-state index is 14.8. The smallest absolute Gasteiger partial charge is 0.391 e. The van der Waals surface area contributed by atoms with E-state index in [9.17, 15) is 17.6 Å². The lowest BCUT2D eigenvalue weighted by Crippen LogP contribution is -2.33. The second-order valence-electron chi connectivity index (χ2n) is 7.63. The molecule has 0 saturated heterocycles. The molecule has 0 bridgehead atoms. The summed E-state index contributed by atoms with van der Waals surface area (Å²) in [4.78, 5) is 11.5. The SMILES string of the molecule is Cc1ccc(F)c(C(C)C(NS(=O)(=O)c2ccc(Cl)c(-c3nnn[nH]3)c2)c2n[nH]c(=O)o2)c1C. The van der Waals surface area contributed by atoms with E-state index in [1.165, 1.54) is 24.3 Å². The Bertz CT molecular complexity index is 1500. The summed E-state index contributed by atoms with van der Waals surface area (Å²) in [6.07, 6.45) is 0. The molecule has 3 N–H and O–H groups in total. The molecular weight excluding hydrogens is 489 g/mol. The van der Waals surface area contributed by atoms with Gasteiger partial charge < -0.3 is 4.42 Å². The second kappa shape index (κ2) is 9.08. The number of aromatic nitrogens is 6. The van der Waals surface area contributed by atoms with Gasteiger partial charge in [-0.15, -0.1) is 10.2 Å². The summed E-state index contributed by atoms with van der Waals surface area (Å²) in [5.41, 5.74) is 1.98. The third kappa shape index (κ3) is 4.49. The van der Waals surface area contributed by atoms with E-state index in [1.54, 1.807) is 19.9 Å². The molecule has 0 saturated carbocycles. The Balaban J connectivity index is 1.78. The Morgan fingerprint density at radius 1 is 1.18 bits per heavy atom. The average molecular weight is 508 g/mol. The molecule has 4 rings (SSSR count). The number of nitrogens with one attached hydrogen (secondary N) is 3. The number of benzene rings is 2. The molecule has 34 heavy (non-hydrogen) atoms. The van der Waals surface area contributed by atoms with Crippen LogP contribution in [0.5, 0.6) is 0 Å². The Kier molecular flexibility index (Phi) is 6.34. The lowest BCUT2D eigenvalue weighted by atomic mass is 9.88. The van der Waals surface area contributed by atoms with Crippen molar-refractivity contribution in [1.29, 1.82) is 0 Å². The van der Waals surface area contributed by atoms with Gasteiger partial charge in [-0.2, -0.15) is 4.72 Å². The number of halogens is 2. The minimum absolute atomic E-state index is 0.167. The summed E-state index contributed by atoms with van der Waals surface area (Å²) in [6, 6.07) is 5.67. The van der Waals surface area contributed by atoms with Crippen LogP contribution in [-0.2, 0) is 10.0 Å². The Hall–Kier alpha value is -3.42. The Morgan fingerprint density at radius 3 is 2.59 bits per heavy atom. The lowest BCUT2D eigenvalue weighted by Gasteiger charge is -2.25. The number of rotatable bonds is 7. The molecule has 0 amide bonds.